The first-order valence-electron chi connectivity index (χ1n) is 6.48. The van der Waals surface area contributed by atoms with Crippen LogP contribution in [-0.4, -0.2) is 39.7 Å². The van der Waals surface area contributed by atoms with Crippen molar-refractivity contribution in [3.8, 4) is 0 Å². The highest BCUT2D eigenvalue weighted by Gasteiger charge is 2.20. The summed E-state index contributed by atoms with van der Waals surface area (Å²) in [5, 5.41) is 0. The van der Waals surface area contributed by atoms with E-state index in [1.807, 2.05) is 29.2 Å². The van der Waals surface area contributed by atoms with E-state index in [1.165, 1.54) is 0 Å². The van der Waals surface area contributed by atoms with Crippen LogP contribution in [0, 0.1) is 0 Å². The molecule has 5 nitrogen and oxygen atoms in total. The lowest BCUT2D eigenvalue weighted by atomic mass is 10.3. The van der Waals surface area contributed by atoms with Gasteiger partial charge in [0.2, 0.25) is 5.91 Å². The zero-order valence-electron chi connectivity index (χ0n) is 10.6. The van der Waals surface area contributed by atoms with Crippen LogP contribution in [0.3, 0.4) is 0 Å². The summed E-state index contributed by atoms with van der Waals surface area (Å²) in [6.45, 7) is 1.83. The minimum atomic E-state index is 0.0590. The molecule has 0 aliphatic carbocycles. The van der Waals surface area contributed by atoms with Crippen LogP contribution in [-0.2, 0) is 11.3 Å². The van der Waals surface area contributed by atoms with Crippen molar-refractivity contribution in [2.75, 3.05) is 13.1 Å². The molecule has 0 radical (unpaired) electrons. The number of para-hydroxylation sites is 2. The number of amides is 1. The second-order valence-electron chi connectivity index (χ2n) is 4.75. The minimum absolute atomic E-state index is 0.0590. The predicted octanol–water partition coefficient (Wildman–Crippen LogP) is 1.47. The van der Waals surface area contributed by atoms with E-state index in [0.29, 0.717) is 12.1 Å². The van der Waals surface area contributed by atoms with Crippen LogP contribution < -0.4 is 0 Å². The Morgan fingerprint density at radius 3 is 2.74 bits per heavy atom. The molecule has 1 saturated heterocycles. The summed E-state index contributed by atoms with van der Waals surface area (Å²) >= 11 is 0. The van der Waals surface area contributed by atoms with Gasteiger partial charge in [-0.25, -0.2) is 4.98 Å². The number of hydrogen-bond acceptors (Lipinski definition) is 3. The molecule has 0 atom stereocenters. The van der Waals surface area contributed by atoms with E-state index >= 15 is 0 Å². The smallest absolute Gasteiger partial charge is 0.242 e. The standard InChI is InChI=1S/C14H15N3O2/c18-10-13-15-11-5-1-2-6-12(11)17(13)9-14(19)16-7-3-4-8-16/h1-2,5-6,10H,3-4,7-9H2. The van der Waals surface area contributed by atoms with E-state index < -0.39 is 0 Å². The molecule has 19 heavy (non-hydrogen) atoms. The van der Waals surface area contributed by atoms with Gasteiger partial charge < -0.3 is 9.47 Å². The van der Waals surface area contributed by atoms with Crippen LogP contribution in [0.5, 0.6) is 0 Å². The fourth-order valence-electron chi connectivity index (χ4n) is 2.55. The fraction of sp³-hybridized carbons (Fsp3) is 0.357. The summed E-state index contributed by atoms with van der Waals surface area (Å²) in [4.78, 5) is 29.4. The van der Waals surface area contributed by atoms with Gasteiger partial charge in [-0.1, -0.05) is 12.1 Å². The summed E-state index contributed by atoms with van der Waals surface area (Å²) in [5.41, 5.74) is 1.58. The average molecular weight is 257 g/mol. The van der Waals surface area contributed by atoms with E-state index in [1.54, 1.807) is 4.57 Å². The molecule has 1 aromatic carbocycles. The van der Waals surface area contributed by atoms with Crippen LogP contribution in [0.15, 0.2) is 24.3 Å². The summed E-state index contributed by atoms with van der Waals surface area (Å²) in [6.07, 6.45) is 2.84. The third-order valence-electron chi connectivity index (χ3n) is 3.54. The highest BCUT2D eigenvalue weighted by Crippen LogP contribution is 2.16. The number of carbonyl (C=O) groups is 2. The molecule has 1 amide bonds. The van der Waals surface area contributed by atoms with Gasteiger partial charge >= 0.3 is 0 Å². The van der Waals surface area contributed by atoms with Gasteiger partial charge in [0.25, 0.3) is 0 Å². The number of hydrogen-bond donors (Lipinski definition) is 0. The number of aromatic nitrogens is 2. The third-order valence-corrected chi connectivity index (χ3v) is 3.54. The van der Waals surface area contributed by atoms with Crippen LogP contribution in [0.1, 0.15) is 23.5 Å². The molecule has 2 heterocycles. The molecule has 98 valence electrons. The Balaban J connectivity index is 1.94. The number of carbonyl (C=O) groups excluding carboxylic acids is 2. The van der Waals surface area contributed by atoms with Gasteiger partial charge in [-0.15, -0.1) is 0 Å². The average Bonchev–Trinajstić information content (AvgIpc) is 3.06. The van der Waals surface area contributed by atoms with Gasteiger partial charge in [-0.2, -0.15) is 0 Å². The van der Waals surface area contributed by atoms with Crippen molar-refractivity contribution in [2.45, 2.75) is 19.4 Å². The molecule has 1 aliphatic heterocycles. The summed E-state index contributed by atoms with van der Waals surface area (Å²) < 4.78 is 1.70. The van der Waals surface area contributed by atoms with E-state index in [-0.39, 0.29) is 12.5 Å². The van der Waals surface area contributed by atoms with E-state index in [9.17, 15) is 9.59 Å². The first kappa shape index (κ1) is 11.9. The molecule has 1 aliphatic rings. The minimum Gasteiger partial charge on any atom is -0.341 e. The first-order chi connectivity index (χ1) is 9.29. The maximum atomic E-state index is 12.2. The zero-order valence-corrected chi connectivity index (χ0v) is 10.6. The quantitative estimate of drug-likeness (QED) is 0.782. The van der Waals surface area contributed by atoms with E-state index in [2.05, 4.69) is 4.98 Å². The summed E-state index contributed by atoms with van der Waals surface area (Å²) in [5.74, 6) is 0.373. The Morgan fingerprint density at radius 1 is 1.26 bits per heavy atom. The molecule has 0 unspecified atom stereocenters. The Hall–Kier alpha value is -2.17. The van der Waals surface area contributed by atoms with Crippen molar-refractivity contribution < 1.29 is 9.59 Å². The van der Waals surface area contributed by atoms with Crippen LogP contribution in [0.4, 0.5) is 0 Å². The third kappa shape index (κ3) is 2.12. The van der Waals surface area contributed by atoms with Gasteiger partial charge in [0, 0.05) is 13.1 Å². The van der Waals surface area contributed by atoms with Gasteiger partial charge in [-0.3, -0.25) is 9.59 Å². The van der Waals surface area contributed by atoms with E-state index in [0.717, 1.165) is 37.0 Å². The lowest BCUT2D eigenvalue weighted by molar-refractivity contribution is -0.130. The molecule has 0 bridgehead atoms. The van der Waals surface area contributed by atoms with Crippen molar-refractivity contribution in [2.24, 2.45) is 0 Å². The lowest BCUT2D eigenvalue weighted by Gasteiger charge is -2.16. The largest absolute Gasteiger partial charge is 0.341 e. The highest BCUT2D eigenvalue weighted by atomic mass is 16.2. The Kier molecular flexibility index (Phi) is 3.03. The number of rotatable bonds is 3. The normalized spacial score (nSPS) is 15.1. The second kappa shape index (κ2) is 4.84. The number of aldehydes is 1. The monoisotopic (exact) mass is 257 g/mol. The molecule has 1 fully saturated rings. The van der Waals surface area contributed by atoms with Crippen molar-refractivity contribution in [1.82, 2.24) is 14.5 Å². The fourth-order valence-corrected chi connectivity index (χ4v) is 2.55. The van der Waals surface area contributed by atoms with Crippen molar-refractivity contribution in [3.05, 3.63) is 30.1 Å². The number of likely N-dealkylation sites (tertiary alicyclic amines) is 1. The summed E-state index contributed by atoms with van der Waals surface area (Å²) in [7, 11) is 0. The number of benzene rings is 1. The Labute approximate surface area is 110 Å². The zero-order chi connectivity index (χ0) is 13.2. The maximum Gasteiger partial charge on any atom is 0.242 e. The highest BCUT2D eigenvalue weighted by molar-refractivity contribution is 5.86. The molecule has 3 rings (SSSR count). The molecule has 2 aromatic rings. The molecule has 0 spiro atoms. The van der Waals surface area contributed by atoms with Crippen LogP contribution in [0.25, 0.3) is 11.0 Å². The van der Waals surface area contributed by atoms with Crippen LogP contribution in [0.2, 0.25) is 0 Å². The lowest BCUT2D eigenvalue weighted by Crippen LogP contribution is -2.31. The van der Waals surface area contributed by atoms with Gasteiger partial charge in [0.05, 0.1) is 11.0 Å². The van der Waals surface area contributed by atoms with Gasteiger partial charge in [0.1, 0.15) is 6.54 Å². The molecule has 1 aromatic heterocycles. The maximum absolute atomic E-state index is 12.2. The first-order valence-corrected chi connectivity index (χ1v) is 6.48. The Morgan fingerprint density at radius 2 is 2.00 bits per heavy atom. The number of nitrogens with zero attached hydrogens (tertiary/aromatic N) is 3. The number of fused-ring (bicyclic) bond motifs is 1. The van der Waals surface area contributed by atoms with Gasteiger partial charge in [-0.05, 0) is 25.0 Å². The SMILES string of the molecule is O=Cc1nc2ccccc2n1CC(=O)N1CCCC1. The molecular weight excluding hydrogens is 242 g/mol. The molecule has 5 heteroatoms. The van der Waals surface area contributed by atoms with Gasteiger partial charge in [0.15, 0.2) is 12.1 Å². The summed E-state index contributed by atoms with van der Waals surface area (Å²) in [6, 6.07) is 7.48. The Bertz CT molecular complexity index is 627. The number of imidazole rings is 1. The van der Waals surface area contributed by atoms with Crippen molar-refractivity contribution in [1.29, 1.82) is 0 Å². The molecule has 0 N–H and O–H groups in total. The van der Waals surface area contributed by atoms with Crippen molar-refractivity contribution in [3.63, 3.8) is 0 Å². The topological polar surface area (TPSA) is 55.2 Å². The molecular formula is C14H15N3O2. The molecule has 0 saturated carbocycles. The van der Waals surface area contributed by atoms with Crippen molar-refractivity contribution >= 4 is 23.2 Å². The predicted molar refractivity (Wildman–Crippen MR) is 70.9 cm³/mol. The second-order valence-corrected chi connectivity index (χ2v) is 4.75. The van der Waals surface area contributed by atoms with Crippen LogP contribution >= 0.6 is 0 Å². The van der Waals surface area contributed by atoms with E-state index in [4.69, 9.17) is 0 Å².